The van der Waals surface area contributed by atoms with Gasteiger partial charge in [0.05, 0.1) is 0 Å². The van der Waals surface area contributed by atoms with Gasteiger partial charge in [-0.25, -0.2) is 0 Å². The van der Waals surface area contributed by atoms with Gasteiger partial charge in [-0.2, -0.15) is 0 Å². The van der Waals surface area contributed by atoms with E-state index in [-0.39, 0.29) is 11.7 Å². The minimum Gasteiger partial charge on any atom is -0.350 e. The topological polar surface area (TPSA) is 53.2 Å². The number of carbonyl (C=O) groups is 2. The van der Waals surface area contributed by atoms with E-state index in [1.807, 2.05) is 30.0 Å². The summed E-state index contributed by atoms with van der Waals surface area (Å²) >= 11 is 0. The van der Waals surface area contributed by atoms with Crippen molar-refractivity contribution in [3.8, 4) is 0 Å². The van der Waals surface area contributed by atoms with E-state index >= 15 is 0 Å². The van der Waals surface area contributed by atoms with E-state index < -0.39 is 0 Å². The van der Waals surface area contributed by atoms with Crippen LogP contribution in [0.1, 0.15) is 42.2 Å². The number of hydrogen-bond donors (Lipinski definition) is 1. The van der Waals surface area contributed by atoms with Crippen molar-refractivity contribution >= 4 is 22.6 Å². The van der Waals surface area contributed by atoms with Crippen LogP contribution in [0.3, 0.4) is 0 Å². The van der Waals surface area contributed by atoms with Crippen LogP contribution in [0.2, 0.25) is 0 Å². The van der Waals surface area contributed by atoms with Crippen LogP contribution in [0.5, 0.6) is 0 Å². The number of aromatic nitrogens is 1. The summed E-state index contributed by atoms with van der Waals surface area (Å²) in [7, 11) is 0. The molecule has 3 rings (SSSR count). The fourth-order valence-corrected chi connectivity index (χ4v) is 3.01. The summed E-state index contributed by atoms with van der Waals surface area (Å²) in [5.41, 5.74) is 2.89. The Morgan fingerprint density at radius 3 is 2.95 bits per heavy atom. The van der Waals surface area contributed by atoms with Gasteiger partial charge in [0.1, 0.15) is 11.5 Å². The smallest absolute Gasteiger partial charge is 0.270 e. The van der Waals surface area contributed by atoms with E-state index in [1.165, 1.54) is 0 Å². The molecule has 21 heavy (non-hydrogen) atoms. The number of carbonyl (C=O) groups excluding carboxylic acids is 2. The molecule has 0 bridgehead atoms. The predicted octanol–water partition coefficient (Wildman–Crippen LogP) is 2.93. The number of nitrogens with zero attached hydrogens (tertiary/aromatic N) is 1. The molecule has 1 aromatic carbocycles. The molecule has 1 amide bonds. The zero-order chi connectivity index (χ0) is 14.8. The van der Waals surface area contributed by atoms with Crippen molar-refractivity contribution in [1.29, 1.82) is 0 Å². The summed E-state index contributed by atoms with van der Waals surface area (Å²) in [6, 6.07) is 8.05. The van der Waals surface area contributed by atoms with Crippen molar-refractivity contribution in [3.05, 3.63) is 35.5 Å². The quantitative estimate of drug-likeness (QED) is 0.917. The van der Waals surface area contributed by atoms with Gasteiger partial charge in [0.15, 0.2) is 0 Å². The Hall–Kier alpha value is -2.10. The maximum Gasteiger partial charge on any atom is 0.270 e. The normalized spacial score (nSPS) is 14.5. The molecule has 1 N–H and O–H groups in total. The van der Waals surface area contributed by atoms with Crippen LogP contribution < -0.4 is 0 Å². The van der Waals surface area contributed by atoms with Crippen LogP contribution in [0, 0.1) is 0 Å². The molecule has 1 aliphatic rings. The van der Waals surface area contributed by atoms with Crippen molar-refractivity contribution in [2.45, 2.75) is 32.6 Å². The molecule has 2 heterocycles. The molecular weight excluding hydrogens is 264 g/mol. The minimum absolute atomic E-state index is 0.0661. The number of hydrogen-bond acceptors (Lipinski definition) is 2. The zero-order valence-corrected chi connectivity index (χ0v) is 12.3. The summed E-state index contributed by atoms with van der Waals surface area (Å²) in [6.45, 7) is 3.29. The first kappa shape index (κ1) is 13.9. The van der Waals surface area contributed by atoms with Crippen LogP contribution in [0.25, 0.3) is 10.9 Å². The summed E-state index contributed by atoms with van der Waals surface area (Å²) in [5.74, 6) is 0.335. The second kappa shape index (κ2) is 5.72. The van der Waals surface area contributed by atoms with E-state index in [2.05, 4.69) is 11.1 Å². The Bertz CT molecular complexity index is 687. The molecule has 0 spiro atoms. The van der Waals surface area contributed by atoms with Gasteiger partial charge in [0, 0.05) is 36.8 Å². The lowest BCUT2D eigenvalue weighted by Crippen LogP contribution is -2.38. The number of ketones is 1. The lowest BCUT2D eigenvalue weighted by molar-refractivity contribution is -0.118. The van der Waals surface area contributed by atoms with Crippen molar-refractivity contribution in [2.75, 3.05) is 13.1 Å². The Balaban J connectivity index is 1.75. The Labute approximate surface area is 124 Å². The Morgan fingerprint density at radius 1 is 1.33 bits per heavy atom. The molecule has 4 nitrogen and oxygen atoms in total. The number of Topliss-reactive ketones (excluding diaryl/α,β-unsaturated/α-hetero) is 1. The molecule has 0 atom stereocenters. The van der Waals surface area contributed by atoms with E-state index in [9.17, 15) is 9.59 Å². The summed E-state index contributed by atoms with van der Waals surface area (Å²) < 4.78 is 0. The van der Waals surface area contributed by atoms with Gasteiger partial charge in [0.25, 0.3) is 5.91 Å². The van der Waals surface area contributed by atoms with Gasteiger partial charge >= 0.3 is 0 Å². The van der Waals surface area contributed by atoms with Crippen LogP contribution >= 0.6 is 0 Å². The van der Waals surface area contributed by atoms with Crippen molar-refractivity contribution in [2.24, 2.45) is 0 Å². The molecule has 0 saturated carbocycles. The van der Waals surface area contributed by atoms with Crippen LogP contribution in [-0.2, 0) is 11.2 Å². The van der Waals surface area contributed by atoms with Crippen LogP contribution in [-0.4, -0.2) is 34.7 Å². The third kappa shape index (κ3) is 2.58. The number of para-hydroxylation sites is 1. The highest BCUT2D eigenvalue weighted by atomic mass is 16.2. The van der Waals surface area contributed by atoms with Gasteiger partial charge in [0.2, 0.25) is 0 Å². The van der Waals surface area contributed by atoms with Crippen LogP contribution in [0.15, 0.2) is 24.3 Å². The molecule has 0 radical (unpaired) electrons. The minimum atomic E-state index is 0.0661. The monoisotopic (exact) mass is 284 g/mol. The number of fused-ring (bicyclic) bond motifs is 3. The average Bonchev–Trinajstić information content (AvgIpc) is 2.89. The number of rotatable bonds is 5. The lowest BCUT2D eigenvalue weighted by Gasteiger charge is -2.26. The number of aromatic amines is 1. The first-order chi connectivity index (χ1) is 10.2. The molecular formula is C17H20N2O2. The number of amides is 1. The number of nitrogens with one attached hydrogen (secondary N) is 1. The maximum absolute atomic E-state index is 12.5. The maximum atomic E-state index is 12.5. The molecule has 1 aromatic heterocycles. The van der Waals surface area contributed by atoms with E-state index in [1.54, 1.807) is 0 Å². The highest BCUT2D eigenvalue weighted by molar-refractivity contribution is 6.02. The van der Waals surface area contributed by atoms with Crippen molar-refractivity contribution < 1.29 is 9.59 Å². The summed E-state index contributed by atoms with van der Waals surface area (Å²) in [5, 5.41) is 1.15. The fourth-order valence-electron chi connectivity index (χ4n) is 3.01. The molecule has 1 aliphatic heterocycles. The third-order valence-corrected chi connectivity index (χ3v) is 4.22. The number of H-pyrrole nitrogens is 1. The standard InChI is InChI=1S/C17H20N2O2/c1-2-12(20)6-5-10-19-11-9-14-13-7-3-4-8-15(13)18-16(14)17(19)21/h3-4,7-8,18H,2,5-6,9-11H2,1H3. The summed E-state index contributed by atoms with van der Waals surface area (Å²) in [6.07, 6.45) is 2.79. The highest BCUT2D eigenvalue weighted by Gasteiger charge is 2.27. The highest BCUT2D eigenvalue weighted by Crippen LogP contribution is 2.27. The van der Waals surface area contributed by atoms with Crippen molar-refractivity contribution in [3.63, 3.8) is 0 Å². The van der Waals surface area contributed by atoms with Gasteiger partial charge in [-0.1, -0.05) is 25.1 Å². The molecule has 4 heteroatoms. The summed E-state index contributed by atoms with van der Waals surface area (Å²) in [4.78, 5) is 29.0. The third-order valence-electron chi connectivity index (χ3n) is 4.22. The predicted molar refractivity (Wildman–Crippen MR) is 82.4 cm³/mol. The largest absolute Gasteiger partial charge is 0.350 e. The Morgan fingerprint density at radius 2 is 2.14 bits per heavy atom. The van der Waals surface area contributed by atoms with Crippen LogP contribution in [0.4, 0.5) is 0 Å². The molecule has 2 aromatic rings. The lowest BCUT2D eigenvalue weighted by atomic mass is 10.0. The van der Waals surface area contributed by atoms with Gasteiger partial charge in [-0.05, 0) is 24.5 Å². The van der Waals surface area contributed by atoms with E-state index in [4.69, 9.17) is 0 Å². The second-order valence-electron chi connectivity index (χ2n) is 5.56. The van der Waals surface area contributed by atoms with E-state index in [0.29, 0.717) is 19.4 Å². The second-order valence-corrected chi connectivity index (χ2v) is 5.56. The van der Waals surface area contributed by atoms with Crippen molar-refractivity contribution in [1.82, 2.24) is 9.88 Å². The van der Waals surface area contributed by atoms with Gasteiger partial charge < -0.3 is 9.88 Å². The van der Waals surface area contributed by atoms with Gasteiger partial charge in [-0.3, -0.25) is 9.59 Å². The molecule has 0 fully saturated rings. The fraction of sp³-hybridized carbons (Fsp3) is 0.412. The molecule has 0 unspecified atom stereocenters. The first-order valence-electron chi connectivity index (χ1n) is 7.61. The Kier molecular flexibility index (Phi) is 3.78. The van der Waals surface area contributed by atoms with Gasteiger partial charge in [-0.15, -0.1) is 0 Å². The first-order valence-corrected chi connectivity index (χ1v) is 7.61. The SMILES string of the molecule is CCC(=O)CCCN1CCc2c([nH]c3ccccc23)C1=O. The molecule has 0 saturated heterocycles. The number of benzene rings is 1. The molecule has 0 aliphatic carbocycles. The average molecular weight is 284 g/mol. The molecule has 110 valence electrons. The zero-order valence-electron chi connectivity index (χ0n) is 12.3. The van der Waals surface area contributed by atoms with E-state index in [0.717, 1.165) is 41.5 Å².